The van der Waals surface area contributed by atoms with Gasteiger partial charge in [-0.1, -0.05) is 19.3 Å². The summed E-state index contributed by atoms with van der Waals surface area (Å²) in [4.78, 5) is 2.66. The van der Waals surface area contributed by atoms with Crippen molar-refractivity contribution in [3.8, 4) is 0 Å². The van der Waals surface area contributed by atoms with Crippen molar-refractivity contribution in [2.45, 2.75) is 84.5 Å². The van der Waals surface area contributed by atoms with Gasteiger partial charge in [-0.25, -0.2) is 0 Å². The van der Waals surface area contributed by atoms with Gasteiger partial charge in [0.2, 0.25) is 0 Å². The fraction of sp³-hybridized carbons (Fsp3) is 1.00. The van der Waals surface area contributed by atoms with Crippen molar-refractivity contribution in [2.75, 3.05) is 26.2 Å². The minimum absolute atomic E-state index is 0.218. The monoisotopic (exact) mass is 296 g/mol. The Bertz CT molecular complexity index is 308. The molecule has 1 saturated heterocycles. The van der Waals surface area contributed by atoms with Gasteiger partial charge in [-0.3, -0.25) is 4.90 Å². The highest BCUT2D eigenvalue weighted by Gasteiger charge is 2.36. The lowest BCUT2D eigenvalue weighted by molar-refractivity contribution is -0.0807. The molecule has 0 bridgehead atoms. The zero-order valence-electron chi connectivity index (χ0n) is 14.9. The minimum atomic E-state index is 0.218. The Kier molecular flexibility index (Phi) is 5.72. The second-order valence-electron chi connectivity index (χ2n) is 8.62. The second kappa shape index (κ2) is 6.97. The van der Waals surface area contributed by atoms with E-state index in [1.54, 1.807) is 0 Å². The maximum Gasteiger partial charge on any atom is 0.0678 e. The largest absolute Gasteiger partial charge is 0.373 e. The molecule has 3 heteroatoms. The maximum atomic E-state index is 5.90. The van der Waals surface area contributed by atoms with E-state index in [1.165, 1.54) is 38.6 Å². The molecular formula is C18H36N2O. The van der Waals surface area contributed by atoms with Gasteiger partial charge in [0.25, 0.3) is 0 Å². The molecule has 2 fully saturated rings. The minimum Gasteiger partial charge on any atom is -0.373 e. The SMILES string of the molecule is CC1CN(CC2(CNC(C)(C)C)CCCCC2)CC(C)O1. The highest BCUT2D eigenvalue weighted by Crippen LogP contribution is 2.37. The van der Waals surface area contributed by atoms with E-state index in [0.29, 0.717) is 17.6 Å². The van der Waals surface area contributed by atoms with Gasteiger partial charge in [-0.2, -0.15) is 0 Å². The first-order valence-electron chi connectivity index (χ1n) is 8.91. The van der Waals surface area contributed by atoms with E-state index in [4.69, 9.17) is 4.74 Å². The average Bonchev–Trinajstić information content (AvgIpc) is 2.35. The summed E-state index contributed by atoms with van der Waals surface area (Å²) in [5.74, 6) is 0. The first-order valence-corrected chi connectivity index (χ1v) is 8.91. The molecule has 2 unspecified atom stereocenters. The molecule has 21 heavy (non-hydrogen) atoms. The molecule has 0 aromatic carbocycles. The fourth-order valence-electron chi connectivity index (χ4n) is 4.03. The quantitative estimate of drug-likeness (QED) is 0.860. The highest BCUT2D eigenvalue weighted by molar-refractivity contribution is 4.91. The number of hydrogen-bond donors (Lipinski definition) is 1. The van der Waals surface area contributed by atoms with Crippen LogP contribution in [0.15, 0.2) is 0 Å². The zero-order chi connectivity index (χ0) is 15.5. The maximum absolute atomic E-state index is 5.90. The predicted octanol–water partition coefficient (Wildman–Crippen LogP) is 3.43. The van der Waals surface area contributed by atoms with Crippen molar-refractivity contribution in [3.05, 3.63) is 0 Å². The molecule has 1 aliphatic heterocycles. The third-order valence-corrected chi connectivity index (χ3v) is 4.96. The summed E-state index contributed by atoms with van der Waals surface area (Å²) in [6.07, 6.45) is 7.76. The van der Waals surface area contributed by atoms with Gasteiger partial charge in [-0.05, 0) is 52.9 Å². The zero-order valence-corrected chi connectivity index (χ0v) is 14.9. The van der Waals surface area contributed by atoms with Crippen molar-refractivity contribution in [2.24, 2.45) is 5.41 Å². The molecule has 2 atom stereocenters. The Hall–Kier alpha value is -0.120. The number of ether oxygens (including phenoxy) is 1. The standard InChI is InChI=1S/C18H36N2O/c1-15-11-20(12-16(2)21-15)14-18(9-7-6-8-10-18)13-19-17(3,4)5/h15-16,19H,6-14H2,1-5H3. The van der Waals surface area contributed by atoms with Crippen LogP contribution in [0.1, 0.15) is 66.7 Å². The van der Waals surface area contributed by atoms with Crippen LogP contribution in [0.25, 0.3) is 0 Å². The molecule has 0 radical (unpaired) electrons. The van der Waals surface area contributed by atoms with Gasteiger partial charge in [0.1, 0.15) is 0 Å². The summed E-state index contributed by atoms with van der Waals surface area (Å²) in [6, 6.07) is 0. The lowest BCUT2D eigenvalue weighted by Gasteiger charge is -2.45. The van der Waals surface area contributed by atoms with Crippen LogP contribution >= 0.6 is 0 Å². The molecular weight excluding hydrogens is 260 g/mol. The van der Waals surface area contributed by atoms with E-state index >= 15 is 0 Å². The van der Waals surface area contributed by atoms with Crippen molar-refractivity contribution >= 4 is 0 Å². The Morgan fingerprint density at radius 2 is 1.62 bits per heavy atom. The van der Waals surface area contributed by atoms with E-state index < -0.39 is 0 Å². The summed E-state index contributed by atoms with van der Waals surface area (Å²) >= 11 is 0. The van der Waals surface area contributed by atoms with Crippen LogP contribution in [0.3, 0.4) is 0 Å². The van der Waals surface area contributed by atoms with Crippen LogP contribution < -0.4 is 5.32 Å². The third-order valence-electron chi connectivity index (χ3n) is 4.96. The van der Waals surface area contributed by atoms with Crippen molar-refractivity contribution in [1.29, 1.82) is 0 Å². The van der Waals surface area contributed by atoms with E-state index in [2.05, 4.69) is 44.8 Å². The van der Waals surface area contributed by atoms with E-state index in [0.717, 1.165) is 19.6 Å². The van der Waals surface area contributed by atoms with Gasteiger partial charge < -0.3 is 10.1 Å². The summed E-state index contributed by atoms with van der Waals surface area (Å²) in [7, 11) is 0. The smallest absolute Gasteiger partial charge is 0.0678 e. The highest BCUT2D eigenvalue weighted by atomic mass is 16.5. The predicted molar refractivity (Wildman–Crippen MR) is 89.7 cm³/mol. The second-order valence-corrected chi connectivity index (χ2v) is 8.62. The molecule has 0 amide bonds. The Balaban J connectivity index is 1.98. The number of morpholine rings is 1. The van der Waals surface area contributed by atoms with Gasteiger partial charge in [0, 0.05) is 31.7 Å². The van der Waals surface area contributed by atoms with Crippen LogP contribution in [0, 0.1) is 5.41 Å². The van der Waals surface area contributed by atoms with Crippen LogP contribution in [0.2, 0.25) is 0 Å². The molecule has 0 aromatic heterocycles. The van der Waals surface area contributed by atoms with Crippen molar-refractivity contribution in [3.63, 3.8) is 0 Å². The van der Waals surface area contributed by atoms with E-state index in [-0.39, 0.29) is 5.54 Å². The lowest BCUT2D eigenvalue weighted by Crippen LogP contribution is -2.54. The van der Waals surface area contributed by atoms with Crippen LogP contribution in [-0.2, 0) is 4.74 Å². The molecule has 2 rings (SSSR count). The molecule has 0 spiro atoms. The first-order chi connectivity index (χ1) is 9.78. The molecule has 3 nitrogen and oxygen atoms in total. The normalized spacial score (nSPS) is 31.3. The number of hydrogen-bond acceptors (Lipinski definition) is 3. The van der Waals surface area contributed by atoms with Crippen molar-refractivity contribution in [1.82, 2.24) is 10.2 Å². The molecule has 1 N–H and O–H groups in total. The number of nitrogens with one attached hydrogen (secondary N) is 1. The van der Waals surface area contributed by atoms with Gasteiger partial charge in [-0.15, -0.1) is 0 Å². The molecule has 1 heterocycles. The van der Waals surface area contributed by atoms with Crippen LogP contribution in [0.5, 0.6) is 0 Å². The van der Waals surface area contributed by atoms with Gasteiger partial charge in [0.15, 0.2) is 0 Å². The van der Waals surface area contributed by atoms with Crippen molar-refractivity contribution < 1.29 is 4.74 Å². The lowest BCUT2D eigenvalue weighted by atomic mass is 9.73. The summed E-state index contributed by atoms with van der Waals surface area (Å²) in [5.41, 5.74) is 0.693. The Labute approximate surface area is 131 Å². The molecule has 1 aliphatic carbocycles. The Morgan fingerprint density at radius 3 is 2.14 bits per heavy atom. The topological polar surface area (TPSA) is 24.5 Å². The first kappa shape index (κ1) is 17.2. The number of rotatable bonds is 4. The number of nitrogens with zero attached hydrogens (tertiary/aromatic N) is 1. The summed E-state index contributed by atoms with van der Waals surface area (Å²) in [5, 5.41) is 3.79. The molecule has 124 valence electrons. The average molecular weight is 296 g/mol. The summed E-state index contributed by atoms with van der Waals surface area (Å²) < 4.78 is 5.90. The molecule has 1 saturated carbocycles. The Morgan fingerprint density at radius 1 is 1.05 bits per heavy atom. The molecule has 2 aliphatic rings. The summed E-state index contributed by atoms with van der Waals surface area (Å²) in [6.45, 7) is 15.9. The van der Waals surface area contributed by atoms with Crippen LogP contribution in [0.4, 0.5) is 0 Å². The van der Waals surface area contributed by atoms with Gasteiger partial charge >= 0.3 is 0 Å². The molecule has 0 aromatic rings. The van der Waals surface area contributed by atoms with E-state index in [9.17, 15) is 0 Å². The van der Waals surface area contributed by atoms with Crippen LogP contribution in [-0.4, -0.2) is 48.8 Å². The van der Waals surface area contributed by atoms with E-state index in [1.807, 2.05) is 0 Å². The fourth-order valence-corrected chi connectivity index (χ4v) is 4.03. The third kappa shape index (κ3) is 5.54. The van der Waals surface area contributed by atoms with Gasteiger partial charge in [0.05, 0.1) is 12.2 Å².